The third-order valence-electron chi connectivity index (χ3n) is 6.09. The second-order valence-electron chi connectivity index (χ2n) is 7.68. The van der Waals surface area contributed by atoms with E-state index < -0.39 is 0 Å². The Balaban J connectivity index is 1.49. The van der Waals surface area contributed by atoms with E-state index in [1.807, 2.05) is 40.0 Å². The van der Waals surface area contributed by atoms with E-state index in [1.165, 1.54) is 10.6 Å². The number of nitrogens with zero attached hydrogens (tertiary/aromatic N) is 4. The van der Waals surface area contributed by atoms with Crippen molar-refractivity contribution in [3.05, 3.63) is 76.0 Å². The molecule has 2 unspecified atom stereocenters. The molecule has 0 aliphatic carbocycles. The van der Waals surface area contributed by atoms with Gasteiger partial charge in [0.05, 0.1) is 30.7 Å². The molecule has 0 N–H and O–H groups in total. The lowest BCUT2D eigenvalue weighted by molar-refractivity contribution is 0.0644. The molecule has 29 heavy (non-hydrogen) atoms. The number of aryl methyl sites for hydroxylation is 1. The molecule has 3 aromatic rings. The molecule has 4 heterocycles. The highest BCUT2D eigenvalue weighted by molar-refractivity contribution is 5.95. The van der Waals surface area contributed by atoms with Gasteiger partial charge >= 0.3 is 0 Å². The van der Waals surface area contributed by atoms with Gasteiger partial charge in [-0.25, -0.2) is 4.68 Å². The van der Waals surface area contributed by atoms with Gasteiger partial charge in [0.1, 0.15) is 5.75 Å². The van der Waals surface area contributed by atoms with Crippen molar-refractivity contribution in [2.24, 2.45) is 7.05 Å². The van der Waals surface area contributed by atoms with Crippen molar-refractivity contribution in [1.29, 1.82) is 0 Å². The predicted octanol–water partition coefficient (Wildman–Crippen LogP) is 2.48. The Morgan fingerprint density at radius 1 is 1.17 bits per heavy atom. The molecule has 7 nitrogen and oxygen atoms in total. The van der Waals surface area contributed by atoms with Crippen molar-refractivity contribution >= 4 is 5.91 Å². The van der Waals surface area contributed by atoms with Crippen LogP contribution >= 0.6 is 0 Å². The zero-order valence-corrected chi connectivity index (χ0v) is 16.4. The minimum atomic E-state index is -0.173. The van der Waals surface area contributed by atoms with E-state index in [-0.39, 0.29) is 23.6 Å². The maximum atomic E-state index is 13.2. The highest BCUT2D eigenvalue weighted by Gasteiger charge is 2.44. The monoisotopic (exact) mass is 390 g/mol. The van der Waals surface area contributed by atoms with E-state index >= 15 is 0 Å². The molecular weight excluding hydrogens is 368 g/mol. The van der Waals surface area contributed by atoms with E-state index in [4.69, 9.17) is 4.74 Å². The van der Waals surface area contributed by atoms with E-state index in [0.29, 0.717) is 5.56 Å². The number of rotatable bonds is 3. The Hall–Kier alpha value is -3.35. The fraction of sp³-hybridized carbons (Fsp3) is 0.318. The van der Waals surface area contributed by atoms with Crippen LogP contribution in [-0.2, 0) is 13.5 Å². The lowest BCUT2D eigenvalue weighted by atomic mass is 9.98. The Kier molecular flexibility index (Phi) is 4.04. The number of fused-ring (bicyclic) bond motifs is 4. The summed E-state index contributed by atoms with van der Waals surface area (Å²) in [5.74, 6) is 0.735. The summed E-state index contributed by atoms with van der Waals surface area (Å²) in [5.41, 5.74) is 3.53. The Bertz CT molecular complexity index is 1150. The normalized spacial score (nSPS) is 19.9. The topological polar surface area (TPSA) is 69.4 Å². The standard InChI is InChI=1S/C22H22N4O3/c1-24-10-9-14(11-21(24)27)22(28)25-16-5-8-19(25)18-13-23-26(20(18)12-16)15-3-6-17(29-2)7-4-15/h3-4,6-7,9-11,13,16,19H,5,8,12H2,1-2H3. The zero-order chi connectivity index (χ0) is 20.1. The van der Waals surface area contributed by atoms with Gasteiger partial charge in [-0.1, -0.05) is 0 Å². The fourth-order valence-electron chi connectivity index (χ4n) is 4.56. The van der Waals surface area contributed by atoms with Gasteiger partial charge in [-0.3, -0.25) is 9.59 Å². The predicted molar refractivity (Wildman–Crippen MR) is 107 cm³/mol. The first-order chi connectivity index (χ1) is 14.1. The molecule has 1 amide bonds. The van der Waals surface area contributed by atoms with Gasteiger partial charge in [-0.05, 0) is 43.2 Å². The molecule has 1 aromatic carbocycles. The number of carbonyl (C=O) groups is 1. The van der Waals surface area contributed by atoms with E-state index in [1.54, 1.807) is 26.4 Å². The SMILES string of the molecule is COc1ccc(-n2ncc3c2CC2CCC3N2C(=O)c2ccn(C)c(=O)c2)cc1. The van der Waals surface area contributed by atoms with Gasteiger partial charge in [0.2, 0.25) is 0 Å². The van der Waals surface area contributed by atoms with Gasteiger partial charge in [0.25, 0.3) is 11.5 Å². The average Bonchev–Trinajstić information content (AvgIpc) is 3.30. The lowest BCUT2D eigenvalue weighted by Gasteiger charge is -2.35. The highest BCUT2D eigenvalue weighted by Crippen LogP contribution is 2.44. The smallest absolute Gasteiger partial charge is 0.254 e. The van der Waals surface area contributed by atoms with E-state index in [0.717, 1.165) is 42.0 Å². The molecule has 0 radical (unpaired) electrons. The summed E-state index contributed by atoms with van der Waals surface area (Å²) in [6.07, 6.45) is 6.17. The molecule has 1 saturated heterocycles. The number of methoxy groups -OCH3 is 1. The number of pyridine rings is 1. The van der Waals surface area contributed by atoms with Crippen LogP contribution in [0.25, 0.3) is 5.69 Å². The largest absolute Gasteiger partial charge is 0.497 e. The van der Waals surface area contributed by atoms with Crippen molar-refractivity contribution < 1.29 is 9.53 Å². The summed E-state index contributed by atoms with van der Waals surface area (Å²) in [6.45, 7) is 0. The number of aromatic nitrogens is 3. The molecule has 148 valence electrons. The van der Waals surface area contributed by atoms with Crippen LogP contribution in [0, 0.1) is 0 Å². The first kappa shape index (κ1) is 17.7. The van der Waals surface area contributed by atoms with Gasteiger partial charge in [-0.15, -0.1) is 0 Å². The molecule has 2 atom stereocenters. The van der Waals surface area contributed by atoms with Crippen LogP contribution in [-0.4, -0.2) is 38.3 Å². The number of amides is 1. The minimum Gasteiger partial charge on any atom is -0.497 e. The summed E-state index contributed by atoms with van der Waals surface area (Å²) >= 11 is 0. The van der Waals surface area contributed by atoms with Gasteiger partial charge < -0.3 is 14.2 Å². The second-order valence-corrected chi connectivity index (χ2v) is 7.68. The maximum absolute atomic E-state index is 13.2. The molecule has 1 fully saturated rings. The van der Waals surface area contributed by atoms with Crippen molar-refractivity contribution in [2.45, 2.75) is 31.3 Å². The molecule has 2 aliphatic rings. The van der Waals surface area contributed by atoms with Crippen LogP contribution < -0.4 is 10.3 Å². The Morgan fingerprint density at radius 3 is 2.69 bits per heavy atom. The Labute approximate surface area is 168 Å². The molecule has 2 aliphatic heterocycles. The highest BCUT2D eigenvalue weighted by atomic mass is 16.5. The molecule has 2 aromatic heterocycles. The van der Waals surface area contributed by atoms with Crippen molar-refractivity contribution in [1.82, 2.24) is 19.2 Å². The molecule has 0 spiro atoms. The fourth-order valence-corrected chi connectivity index (χ4v) is 4.56. The third kappa shape index (κ3) is 2.76. The summed E-state index contributed by atoms with van der Waals surface area (Å²) in [5, 5.41) is 4.62. The third-order valence-corrected chi connectivity index (χ3v) is 6.09. The zero-order valence-electron chi connectivity index (χ0n) is 16.4. The van der Waals surface area contributed by atoms with Crippen molar-refractivity contribution in [2.75, 3.05) is 7.11 Å². The summed E-state index contributed by atoms with van der Waals surface area (Å²) < 4.78 is 8.69. The van der Waals surface area contributed by atoms with Crippen molar-refractivity contribution in [3.63, 3.8) is 0 Å². The van der Waals surface area contributed by atoms with Crippen LogP contribution in [0.4, 0.5) is 0 Å². The quantitative estimate of drug-likeness (QED) is 0.689. The molecular formula is C22H22N4O3. The molecule has 2 bridgehead atoms. The number of hydrogen-bond donors (Lipinski definition) is 0. The van der Waals surface area contributed by atoms with Gasteiger partial charge in [0, 0.05) is 42.9 Å². The minimum absolute atomic E-state index is 0.00677. The average molecular weight is 390 g/mol. The molecule has 7 heteroatoms. The number of benzene rings is 1. The van der Waals surface area contributed by atoms with E-state index in [2.05, 4.69) is 5.10 Å². The second kappa shape index (κ2) is 6.62. The summed E-state index contributed by atoms with van der Waals surface area (Å²) in [6, 6.07) is 11.1. The summed E-state index contributed by atoms with van der Waals surface area (Å²) in [7, 11) is 3.33. The van der Waals surface area contributed by atoms with Gasteiger partial charge in [-0.2, -0.15) is 5.10 Å². The molecule has 0 saturated carbocycles. The summed E-state index contributed by atoms with van der Waals surface area (Å²) in [4.78, 5) is 27.2. The van der Waals surface area contributed by atoms with Crippen LogP contribution in [0.3, 0.4) is 0 Å². The maximum Gasteiger partial charge on any atom is 0.254 e. The number of ether oxygens (including phenoxy) is 1. The van der Waals surface area contributed by atoms with Crippen LogP contribution in [0.5, 0.6) is 5.75 Å². The van der Waals surface area contributed by atoms with Crippen LogP contribution in [0.2, 0.25) is 0 Å². The van der Waals surface area contributed by atoms with Crippen LogP contribution in [0.1, 0.15) is 40.5 Å². The lowest BCUT2D eigenvalue weighted by Crippen LogP contribution is -2.42. The number of carbonyl (C=O) groups excluding carboxylic acids is 1. The van der Waals surface area contributed by atoms with Crippen LogP contribution in [0.15, 0.2) is 53.6 Å². The van der Waals surface area contributed by atoms with Gasteiger partial charge in [0.15, 0.2) is 0 Å². The van der Waals surface area contributed by atoms with E-state index in [9.17, 15) is 9.59 Å². The first-order valence-electron chi connectivity index (χ1n) is 9.77. The molecule has 5 rings (SSSR count). The Morgan fingerprint density at radius 2 is 1.97 bits per heavy atom. The van der Waals surface area contributed by atoms with Crippen molar-refractivity contribution in [3.8, 4) is 11.4 Å². The first-order valence-corrected chi connectivity index (χ1v) is 9.77. The number of hydrogen-bond acceptors (Lipinski definition) is 4.